The van der Waals surface area contributed by atoms with Gasteiger partial charge in [0.15, 0.2) is 9.84 Å². The van der Waals surface area contributed by atoms with E-state index in [1.807, 2.05) is 0 Å². The molecule has 0 fully saturated rings. The molecule has 0 bridgehead atoms. The Labute approximate surface area is 183 Å². The van der Waals surface area contributed by atoms with Gasteiger partial charge in [-0.2, -0.15) is 0 Å². The van der Waals surface area contributed by atoms with Gasteiger partial charge in [-0.1, -0.05) is 17.7 Å². The number of sulfonamides is 1. The van der Waals surface area contributed by atoms with Crippen LogP contribution in [0.15, 0.2) is 69.8 Å². The van der Waals surface area contributed by atoms with Crippen LogP contribution >= 0.6 is 22.9 Å². The molecule has 0 saturated carbocycles. The second kappa shape index (κ2) is 9.03. The Hall–Kier alpha value is -1.98. The van der Waals surface area contributed by atoms with Crippen molar-refractivity contribution < 1.29 is 26.0 Å². The molecule has 0 aliphatic heterocycles. The van der Waals surface area contributed by atoms with Crippen molar-refractivity contribution in [2.75, 3.05) is 13.7 Å². The van der Waals surface area contributed by atoms with Crippen LogP contribution in [0.5, 0.6) is 5.75 Å². The molecule has 6 nitrogen and oxygen atoms in total. The highest BCUT2D eigenvalue weighted by atomic mass is 35.5. The van der Waals surface area contributed by atoms with E-state index in [0.717, 1.165) is 12.1 Å². The second-order valence-electron chi connectivity index (χ2n) is 6.15. The van der Waals surface area contributed by atoms with E-state index < -0.39 is 42.4 Å². The van der Waals surface area contributed by atoms with Gasteiger partial charge in [0, 0.05) is 16.4 Å². The highest BCUT2D eigenvalue weighted by molar-refractivity contribution is 7.92. The summed E-state index contributed by atoms with van der Waals surface area (Å²) < 4.78 is 72.9. The lowest BCUT2D eigenvalue weighted by molar-refractivity contribution is 0.400. The standard InChI is InChI=1S/C19H17ClFNO5S3/c1-27-16-9-6-14(21)11-18(16)30(25,26)22-12-19(17-3-2-10-28-17)29(23,24)15-7-4-13(20)5-8-15/h2-11,19,22H,12H2,1H3/t19-/m0/s1. The molecule has 1 N–H and O–H groups in total. The van der Waals surface area contributed by atoms with Crippen molar-refractivity contribution in [3.63, 3.8) is 0 Å². The Kier molecular flexibility index (Phi) is 6.83. The molecule has 160 valence electrons. The van der Waals surface area contributed by atoms with Crippen molar-refractivity contribution in [2.24, 2.45) is 0 Å². The first kappa shape index (κ1) is 22.7. The van der Waals surface area contributed by atoms with Crippen molar-refractivity contribution in [1.82, 2.24) is 4.72 Å². The Morgan fingerprint density at radius 1 is 1.10 bits per heavy atom. The first-order valence-electron chi connectivity index (χ1n) is 8.51. The number of sulfone groups is 1. The fourth-order valence-electron chi connectivity index (χ4n) is 2.75. The van der Waals surface area contributed by atoms with Crippen LogP contribution in [-0.4, -0.2) is 30.5 Å². The van der Waals surface area contributed by atoms with Crippen molar-refractivity contribution in [3.05, 3.63) is 75.7 Å². The SMILES string of the molecule is COc1ccc(F)cc1S(=O)(=O)NC[C@@H](c1cccs1)S(=O)(=O)c1ccc(Cl)cc1. The summed E-state index contributed by atoms with van der Waals surface area (Å²) in [4.78, 5) is 0.0468. The number of halogens is 2. The third-order valence-corrected chi connectivity index (χ3v) is 9.18. The van der Waals surface area contributed by atoms with Gasteiger partial charge in [0.25, 0.3) is 0 Å². The van der Waals surface area contributed by atoms with Gasteiger partial charge in [0.05, 0.1) is 12.0 Å². The number of methoxy groups -OCH3 is 1. The third kappa shape index (κ3) is 4.84. The molecule has 0 aliphatic carbocycles. The maximum atomic E-state index is 13.6. The van der Waals surface area contributed by atoms with Gasteiger partial charge in [-0.15, -0.1) is 11.3 Å². The van der Waals surface area contributed by atoms with Crippen LogP contribution in [0.25, 0.3) is 0 Å². The van der Waals surface area contributed by atoms with Gasteiger partial charge in [-0.05, 0) is 53.9 Å². The lowest BCUT2D eigenvalue weighted by Gasteiger charge is -2.18. The predicted octanol–water partition coefficient (Wildman–Crippen LogP) is 4.04. The van der Waals surface area contributed by atoms with Crippen LogP contribution < -0.4 is 9.46 Å². The van der Waals surface area contributed by atoms with Gasteiger partial charge in [-0.25, -0.2) is 25.9 Å². The number of hydrogen-bond donors (Lipinski definition) is 1. The molecule has 2 aromatic carbocycles. The first-order valence-corrected chi connectivity index (χ1v) is 12.8. The van der Waals surface area contributed by atoms with Gasteiger partial charge in [0.1, 0.15) is 21.7 Å². The van der Waals surface area contributed by atoms with Gasteiger partial charge in [-0.3, -0.25) is 0 Å². The van der Waals surface area contributed by atoms with Crippen LogP contribution in [0.2, 0.25) is 5.02 Å². The molecule has 0 radical (unpaired) electrons. The van der Waals surface area contributed by atoms with E-state index in [1.165, 1.54) is 48.8 Å². The molecule has 1 atom stereocenters. The zero-order valence-corrected chi connectivity index (χ0v) is 18.8. The summed E-state index contributed by atoms with van der Waals surface area (Å²) >= 11 is 7.03. The number of ether oxygens (including phenoxy) is 1. The van der Waals surface area contributed by atoms with Crippen molar-refractivity contribution in [3.8, 4) is 5.75 Å². The summed E-state index contributed by atoms with van der Waals surface area (Å²) in [6, 6.07) is 12.0. The molecule has 0 unspecified atom stereocenters. The number of rotatable bonds is 8. The monoisotopic (exact) mass is 489 g/mol. The minimum absolute atomic E-state index is 0.00725. The molecular weight excluding hydrogens is 473 g/mol. The smallest absolute Gasteiger partial charge is 0.244 e. The zero-order chi connectivity index (χ0) is 21.9. The van der Waals surface area contributed by atoms with E-state index in [9.17, 15) is 21.2 Å². The highest BCUT2D eigenvalue weighted by Gasteiger charge is 2.32. The van der Waals surface area contributed by atoms with E-state index in [0.29, 0.717) is 9.90 Å². The largest absolute Gasteiger partial charge is 0.495 e. The highest BCUT2D eigenvalue weighted by Crippen LogP contribution is 2.33. The molecular formula is C19H17ClFNO5S3. The quantitative estimate of drug-likeness (QED) is 0.515. The molecule has 0 spiro atoms. The molecule has 3 aromatic rings. The number of hydrogen-bond acceptors (Lipinski definition) is 6. The van der Waals surface area contributed by atoms with E-state index in [1.54, 1.807) is 17.5 Å². The molecule has 0 saturated heterocycles. The van der Waals surface area contributed by atoms with Crippen LogP contribution in [0.3, 0.4) is 0 Å². The average Bonchev–Trinajstić information content (AvgIpc) is 3.22. The Morgan fingerprint density at radius 3 is 2.40 bits per heavy atom. The molecule has 1 aromatic heterocycles. The van der Waals surface area contributed by atoms with Crippen LogP contribution in [0.1, 0.15) is 10.1 Å². The molecule has 0 amide bonds. The molecule has 11 heteroatoms. The summed E-state index contributed by atoms with van der Waals surface area (Å²) in [7, 11) is -6.95. The van der Waals surface area contributed by atoms with E-state index in [-0.39, 0.29) is 10.6 Å². The predicted molar refractivity (Wildman–Crippen MR) is 114 cm³/mol. The van der Waals surface area contributed by atoms with Crippen LogP contribution in [0.4, 0.5) is 4.39 Å². The van der Waals surface area contributed by atoms with E-state index >= 15 is 0 Å². The van der Waals surface area contributed by atoms with Crippen LogP contribution in [-0.2, 0) is 19.9 Å². The van der Waals surface area contributed by atoms with E-state index in [4.69, 9.17) is 16.3 Å². The zero-order valence-electron chi connectivity index (χ0n) is 15.6. The Bertz CT molecular complexity index is 1230. The average molecular weight is 490 g/mol. The van der Waals surface area contributed by atoms with Gasteiger partial charge in [0.2, 0.25) is 10.0 Å². The second-order valence-corrected chi connectivity index (χ2v) is 11.4. The van der Waals surface area contributed by atoms with E-state index in [2.05, 4.69) is 4.72 Å². The summed E-state index contributed by atoms with van der Waals surface area (Å²) in [5.41, 5.74) is 0. The maximum Gasteiger partial charge on any atom is 0.244 e. The number of nitrogens with one attached hydrogen (secondary N) is 1. The molecule has 3 rings (SSSR count). The molecule has 1 heterocycles. The lowest BCUT2D eigenvalue weighted by atomic mass is 10.3. The van der Waals surface area contributed by atoms with Crippen molar-refractivity contribution in [2.45, 2.75) is 15.0 Å². The van der Waals surface area contributed by atoms with Crippen LogP contribution in [0, 0.1) is 5.82 Å². The number of thiophene rings is 1. The van der Waals surface area contributed by atoms with Crippen molar-refractivity contribution >= 4 is 42.8 Å². The first-order chi connectivity index (χ1) is 14.1. The molecule has 0 aliphatic rings. The van der Waals surface area contributed by atoms with Gasteiger partial charge >= 0.3 is 0 Å². The summed E-state index contributed by atoms with van der Waals surface area (Å²) in [5, 5.41) is 0.887. The fraction of sp³-hybridized carbons (Fsp3) is 0.158. The maximum absolute atomic E-state index is 13.6. The summed E-state index contributed by atoms with van der Waals surface area (Å²) in [6.45, 7) is -0.451. The topological polar surface area (TPSA) is 89.5 Å². The van der Waals surface area contributed by atoms with Gasteiger partial charge < -0.3 is 4.74 Å². The Balaban J connectivity index is 1.96. The molecule has 30 heavy (non-hydrogen) atoms. The minimum Gasteiger partial charge on any atom is -0.495 e. The summed E-state index contributed by atoms with van der Waals surface area (Å²) in [6.07, 6.45) is 0. The van der Waals surface area contributed by atoms with Crippen molar-refractivity contribution in [1.29, 1.82) is 0 Å². The minimum atomic E-state index is -4.26. The fourth-order valence-corrected chi connectivity index (χ4v) is 6.99. The number of benzene rings is 2. The third-order valence-electron chi connectivity index (χ3n) is 4.25. The Morgan fingerprint density at radius 2 is 1.80 bits per heavy atom. The lowest BCUT2D eigenvalue weighted by Crippen LogP contribution is -2.32. The normalized spacial score (nSPS) is 13.2. The summed E-state index contributed by atoms with van der Waals surface area (Å²) in [5.74, 6) is -0.822.